The third-order valence-corrected chi connectivity index (χ3v) is 3.74. The van der Waals surface area contributed by atoms with E-state index in [1.54, 1.807) is 4.68 Å². The number of rotatable bonds is 5. The molecule has 1 aromatic heterocycles. The number of amides is 1. The maximum absolute atomic E-state index is 12.1. The Kier molecular flexibility index (Phi) is 3.07. The standard InChI is InChI=1S/C13H20N4O/c1-16-9-10(8-14-16)4-6-17-7-5-12(13(17)18)15-11-2-3-11/h8-9,11-12,15H,2-7H2,1H3. The van der Waals surface area contributed by atoms with Crippen LogP contribution in [0.5, 0.6) is 0 Å². The van der Waals surface area contributed by atoms with Crippen LogP contribution in [0.4, 0.5) is 0 Å². The predicted octanol–water partition coefficient (Wildman–Crippen LogP) is 0.315. The summed E-state index contributed by atoms with van der Waals surface area (Å²) in [6.07, 6.45) is 8.22. The van der Waals surface area contributed by atoms with Gasteiger partial charge < -0.3 is 10.2 Å². The highest BCUT2D eigenvalue weighted by atomic mass is 16.2. The van der Waals surface area contributed by atoms with E-state index in [9.17, 15) is 4.79 Å². The third kappa shape index (κ3) is 2.56. The minimum absolute atomic E-state index is 0.0754. The quantitative estimate of drug-likeness (QED) is 0.816. The molecule has 5 heteroatoms. The van der Waals surface area contributed by atoms with Crippen molar-refractivity contribution in [2.45, 2.75) is 37.8 Å². The van der Waals surface area contributed by atoms with E-state index in [1.807, 2.05) is 24.3 Å². The molecule has 3 rings (SSSR count). The van der Waals surface area contributed by atoms with Crippen molar-refractivity contribution < 1.29 is 4.79 Å². The zero-order chi connectivity index (χ0) is 12.5. The first-order valence-electron chi connectivity index (χ1n) is 6.75. The molecule has 0 radical (unpaired) electrons. The van der Waals surface area contributed by atoms with E-state index >= 15 is 0 Å². The lowest BCUT2D eigenvalue weighted by atomic mass is 10.2. The summed E-state index contributed by atoms with van der Waals surface area (Å²) in [5, 5.41) is 7.57. The molecule has 1 amide bonds. The largest absolute Gasteiger partial charge is 0.341 e. The molecule has 0 aromatic carbocycles. The van der Waals surface area contributed by atoms with Crippen LogP contribution in [-0.4, -0.2) is 45.8 Å². The van der Waals surface area contributed by atoms with Crippen LogP contribution in [0.1, 0.15) is 24.8 Å². The molecule has 0 bridgehead atoms. The Morgan fingerprint density at radius 2 is 2.28 bits per heavy atom. The van der Waals surface area contributed by atoms with Gasteiger partial charge >= 0.3 is 0 Å². The van der Waals surface area contributed by atoms with Crippen LogP contribution in [0.15, 0.2) is 12.4 Å². The van der Waals surface area contributed by atoms with Gasteiger partial charge in [-0.05, 0) is 31.2 Å². The van der Waals surface area contributed by atoms with Crippen LogP contribution in [0, 0.1) is 0 Å². The van der Waals surface area contributed by atoms with Crippen LogP contribution in [0.2, 0.25) is 0 Å². The summed E-state index contributed by atoms with van der Waals surface area (Å²) in [7, 11) is 1.92. The molecule has 1 saturated carbocycles. The second kappa shape index (κ2) is 4.72. The van der Waals surface area contributed by atoms with Gasteiger partial charge in [-0.1, -0.05) is 0 Å². The summed E-state index contributed by atoms with van der Waals surface area (Å²) in [4.78, 5) is 14.1. The zero-order valence-corrected chi connectivity index (χ0v) is 10.8. The molecule has 98 valence electrons. The maximum Gasteiger partial charge on any atom is 0.239 e. The highest BCUT2D eigenvalue weighted by molar-refractivity contribution is 5.84. The number of hydrogen-bond acceptors (Lipinski definition) is 3. The normalized spacial score (nSPS) is 23.9. The van der Waals surface area contributed by atoms with Gasteiger partial charge in [0.25, 0.3) is 0 Å². The number of nitrogens with one attached hydrogen (secondary N) is 1. The number of carbonyl (C=O) groups is 1. The summed E-state index contributed by atoms with van der Waals surface area (Å²) in [5.74, 6) is 0.283. The maximum atomic E-state index is 12.1. The number of nitrogens with zero attached hydrogens (tertiary/aromatic N) is 3. The molecule has 1 aromatic rings. The van der Waals surface area contributed by atoms with Gasteiger partial charge in [0.15, 0.2) is 0 Å². The number of aryl methyl sites for hydroxylation is 1. The first-order valence-corrected chi connectivity index (χ1v) is 6.75. The van der Waals surface area contributed by atoms with Crippen molar-refractivity contribution in [3.63, 3.8) is 0 Å². The lowest BCUT2D eigenvalue weighted by Gasteiger charge is -2.16. The highest BCUT2D eigenvalue weighted by Crippen LogP contribution is 2.22. The molecule has 1 unspecified atom stereocenters. The average molecular weight is 248 g/mol. The molecular weight excluding hydrogens is 228 g/mol. The van der Waals surface area contributed by atoms with Crippen molar-refractivity contribution in [1.29, 1.82) is 0 Å². The highest BCUT2D eigenvalue weighted by Gasteiger charge is 2.35. The Hall–Kier alpha value is -1.36. The fraction of sp³-hybridized carbons (Fsp3) is 0.692. The fourth-order valence-corrected chi connectivity index (χ4v) is 2.52. The van der Waals surface area contributed by atoms with Crippen molar-refractivity contribution >= 4 is 5.91 Å². The van der Waals surface area contributed by atoms with Gasteiger partial charge in [0.05, 0.1) is 12.2 Å². The Balaban J connectivity index is 1.49. The lowest BCUT2D eigenvalue weighted by molar-refractivity contribution is -0.129. The molecular formula is C13H20N4O. The number of likely N-dealkylation sites (tertiary alicyclic amines) is 1. The van der Waals surface area contributed by atoms with Gasteiger partial charge in [-0.15, -0.1) is 0 Å². The van der Waals surface area contributed by atoms with Gasteiger partial charge in [0.1, 0.15) is 0 Å². The van der Waals surface area contributed by atoms with Gasteiger partial charge in [0.2, 0.25) is 5.91 Å². The molecule has 1 saturated heterocycles. The summed E-state index contributed by atoms with van der Waals surface area (Å²) < 4.78 is 1.80. The summed E-state index contributed by atoms with van der Waals surface area (Å²) >= 11 is 0. The van der Waals surface area contributed by atoms with E-state index < -0.39 is 0 Å². The van der Waals surface area contributed by atoms with Gasteiger partial charge in [0, 0.05) is 32.4 Å². The molecule has 18 heavy (non-hydrogen) atoms. The van der Waals surface area contributed by atoms with Crippen LogP contribution in [-0.2, 0) is 18.3 Å². The van der Waals surface area contributed by atoms with E-state index in [4.69, 9.17) is 0 Å². The molecule has 0 spiro atoms. The SMILES string of the molecule is Cn1cc(CCN2CCC(NC3CC3)C2=O)cn1. The predicted molar refractivity (Wildman–Crippen MR) is 68.1 cm³/mol. The fourth-order valence-electron chi connectivity index (χ4n) is 2.52. The van der Waals surface area contributed by atoms with Crippen molar-refractivity contribution in [3.05, 3.63) is 18.0 Å². The Morgan fingerprint density at radius 1 is 1.44 bits per heavy atom. The van der Waals surface area contributed by atoms with Crippen LogP contribution >= 0.6 is 0 Å². The second-order valence-electron chi connectivity index (χ2n) is 5.38. The molecule has 2 heterocycles. The van der Waals surface area contributed by atoms with Gasteiger partial charge in [-0.2, -0.15) is 5.10 Å². The molecule has 1 aliphatic heterocycles. The van der Waals surface area contributed by atoms with E-state index in [1.165, 1.54) is 18.4 Å². The van der Waals surface area contributed by atoms with Crippen LogP contribution in [0.3, 0.4) is 0 Å². The van der Waals surface area contributed by atoms with E-state index in [0.29, 0.717) is 6.04 Å². The molecule has 2 aliphatic rings. The summed E-state index contributed by atoms with van der Waals surface area (Å²) in [6.45, 7) is 1.71. The molecule has 2 fully saturated rings. The minimum atomic E-state index is 0.0754. The number of hydrogen-bond donors (Lipinski definition) is 1. The molecule has 1 atom stereocenters. The Labute approximate surface area is 107 Å². The molecule has 1 aliphatic carbocycles. The number of aromatic nitrogens is 2. The lowest BCUT2D eigenvalue weighted by Crippen LogP contribution is -2.39. The average Bonchev–Trinajstić information content (AvgIpc) is 2.98. The summed E-state index contributed by atoms with van der Waals surface area (Å²) in [5.41, 5.74) is 1.20. The first kappa shape index (κ1) is 11.7. The first-order chi connectivity index (χ1) is 8.72. The number of carbonyl (C=O) groups excluding carboxylic acids is 1. The van der Waals surface area contributed by atoms with E-state index in [-0.39, 0.29) is 11.9 Å². The van der Waals surface area contributed by atoms with E-state index in [2.05, 4.69) is 10.4 Å². The third-order valence-electron chi connectivity index (χ3n) is 3.74. The Morgan fingerprint density at radius 3 is 2.94 bits per heavy atom. The van der Waals surface area contributed by atoms with E-state index in [0.717, 1.165) is 25.9 Å². The van der Waals surface area contributed by atoms with Crippen molar-refractivity contribution in [2.24, 2.45) is 7.05 Å². The molecule has 1 N–H and O–H groups in total. The zero-order valence-electron chi connectivity index (χ0n) is 10.8. The van der Waals surface area contributed by atoms with Gasteiger partial charge in [-0.3, -0.25) is 9.48 Å². The van der Waals surface area contributed by atoms with Crippen molar-refractivity contribution in [2.75, 3.05) is 13.1 Å². The van der Waals surface area contributed by atoms with Gasteiger partial charge in [-0.25, -0.2) is 0 Å². The minimum Gasteiger partial charge on any atom is -0.341 e. The smallest absolute Gasteiger partial charge is 0.239 e. The monoisotopic (exact) mass is 248 g/mol. The van der Waals surface area contributed by atoms with Crippen molar-refractivity contribution in [3.8, 4) is 0 Å². The molecule has 5 nitrogen and oxygen atoms in total. The Bertz CT molecular complexity index is 438. The van der Waals surface area contributed by atoms with Crippen LogP contribution < -0.4 is 5.32 Å². The van der Waals surface area contributed by atoms with Crippen molar-refractivity contribution in [1.82, 2.24) is 20.0 Å². The summed E-state index contributed by atoms with van der Waals surface area (Å²) in [6, 6.07) is 0.684. The topological polar surface area (TPSA) is 50.2 Å². The second-order valence-corrected chi connectivity index (χ2v) is 5.38. The van der Waals surface area contributed by atoms with Crippen LogP contribution in [0.25, 0.3) is 0 Å².